The minimum Gasteiger partial charge on any atom is -0.480 e. The predicted octanol–water partition coefficient (Wildman–Crippen LogP) is 1.77. The molecule has 110 valence electrons. The first-order valence-electron chi connectivity index (χ1n) is 6.48. The second-order valence-electron chi connectivity index (χ2n) is 4.79. The van der Waals surface area contributed by atoms with Crippen molar-refractivity contribution >= 4 is 23.8 Å². The number of carboxylic acids is 1. The SMILES string of the molecule is CC(CCc1ccco1)NC(=O)N1CSC[C@H]1C(=O)O. The van der Waals surface area contributed by atoms with Crippen LogP contribution in [-0.4, -0.2) is 45.7 Å². The molecule has 2 amide bonds. The van der Waals surface area contributed by atoms with Crippen LogP contribution in [0.5, 0.6) is 0 Å². The number of hydrogen-bond acceptors (Lipinski definition) is 4. The van der Waals surface area contributed by atoms with E-state index >= 15 is 0 Å². The third-order valence-electron chi connectivity index (χ3n) is 3.20. The number of amides is 2. The van der Waals surface area contributed by atoms with E-state index in [1.54, 1.807) is 6.26 Å². The van der Waals surface area contributed by atoms with E-state index in [0.29, 0.717) is 11.6 Å². The van der Waals surface area contributed by atoms with Crippen molar-refractivity contribution < 1.29 is 19.1 Å². The Morgan fingerprint density at radius 1 is 1.65 bits per heavy atom. The van der Waals surface area contributed by atoms with Gasteiger partial charge in [-0.2, -0.15) is 0 Å². The first-order chi connectivity index (χ1) is 9.58. The number of thioether (sulfide) groups is 1. The second-order valence-corrected chi connectivity index (χ2v) is 5.79. The molecule has 0 bridgehead atoms. The number of carbonyl (C=O) groups excluding carboxylic acids is 1. The summed E-state index contributed by atoms with van der Waals surface area (Å²) in [5.74, 6) is 0.802. The van der Waals surface area contributed by atoms with Crippen LogP contribution in [0.15, 0.2) is 22.8 Å². The molecule has 1 fully saturated rings. The number of carboxylic acid groups (broad SMARTS) is 1. The predicted molar refractivity (Wildman–Crippen MR) is 75.6 cm³/mol. The van der Waals surface area contributed by atoms with Gasteiger partial charge in [-0.05, 0) is 25.5 Å². The molecule has 2 heterocycles. The molecule has 2 atom stereocenters. The van der Waals surface area contributed by atoms with Crippen LogP contribution in [0, 0.1) is 0 Å². The molecule has 2 N–H and O–H groups in total. The summed E-state index contributed by atoms with van der Waals surface area (Å²) in [5, 5.41) is 11.9. The van der Waals surface area contributed by atoms with Crippen LogP contribution in [0.1, 0.15) is 19.1 Å². The van der Waals surface area contributed by atoms with Crippen molar-refractivity contribution in [3.05, 3.63) is 24.2 Å². The third kappa shape index (κ3) is 3.69. The van der Waals surface area contributed by atoms with Gasteiger partial charge < -0.3 is 19.7 Å². The summed E-state index contributed by atoms with van der Waals surface area (Å²) >= 11 is 1.45. The molecule has 20 heavy (non-hydrogen) atoms. The summed E-state index contributed by atoms with van der Waals surface area (Å²) in [4.78, 5) is 24.5. The Kier molecular flexibility index (Phi) is 4.94. The smallest absolute Gasteiger partial charge is 0.327 e. The zero-order valence-electron chi connectivity index (χ0n) is 11.2. The van der Waals surface area contributed by atoms with Crippen LogP contribution in [0.2, 0.25) is 0 Å². The molecule has 0 aliphatic carbocycles. The number of nitrogens with zero attached hydrogens (tertiary/aromatic N) is 1. The Morgan fingerprint density at radius 2 is 2.45 bits per heavy atom. The lowest BCUT2D eigenvalue weighted by Crippen LogP contribution is -2.49. The Bertz CT molecular complexity index is 463. The standard InChI is InChI=1S/C13H18N2O4S/c1-9(4-5-10-3-2-6-19-10)14-13(18)15-8-20-7-11(15)12(16)17/h2-3,6,9,11H,4-5,7-8H2,1H3,(H,14,18)(H,16,17)/t9?,11-/m0/s1. The molecule has 0 radical (unpaired) electrons. The van der Waals surface area contributed by atoms with Gasteiger partial charge in [-0.15, -0.1) is 11.8 Å². The highest BCUT2D eigenvalue weighted by Crippen LogP contribution is 2.21. The summed E-state index contributed by atoms with van der Waals surface area (Å²) in [5.41, 5.74) is 0. The lowest BCUT2D eigenvalue weighted by molar-refractivity contribution is -0.140. The summed E-state index contributed by atoms with van der Waals surface area (Å²) in [7, 11) is 0. The number of furan rings is 1. The average molecular weight is 298 g/mol. The highest BCUT2D eigenvalue weighted by atomic mass is 32.2. The molecule has 1 unspecified atom stereocenters. The maximum absolute atomic E-state index is 12.0. The number of carbonyl (C=O) groups is 2. The fourth-order valence-corrected chi connectivity index (χ4v) is 3.17. The highest BCUT2D eigenvalue weighted by Gasteiger charge is 2.34. The van der Waals surface area contributed by atoms with Crippen molar-refractivity contribution in [2.24, 2.45) is 0 Å². The van der Waals surface area contributed by atoms with Gasteiger partial charge in [0.2, 0.25) is 0 Å². The van der Waals surface area contributed by atoms with Crippen LogP contribution in [0.25, 0.3) is 0 Å². The molecule has 1 saturated heterocycles. The Hall–Kier alpha value is -1.63. The molecule has 0 saturated carbocycles. The van der Waals surface area contributed by atoms with Gasteiger partial charge in [0.1, 0.15) is 11.8 Å². The van der Waals surface area contributed by atoms with Gasteiger partial charge in [-0.25, -0.2) is 9.59 Å². The molecular formula is C13H18N2O4S. The number of aliphatic carboxylic acids is 1. The highest BCUT2D eigenvalue weighted by molar-refractivity contribution is 7.99. The monoisotopic (exact) mass is 298 g/mol. The second kappa shape index (κ2) is 6.69. The topological polar surface area (TPSA) is 82.8 Å². The number of hydrogen-bond donors (Lipinski definition) is 2. The van der Waals surface area contributed by atoms with Crippen LogP contribution in [-0.2, 0) is 11.2 Å². The number of urea groups is 1. The van der Waals surface area contributed by atoms with Crippen molar-refractivity contribution in [1.29, 1.82) is 0 Å². The van der Waals surface area contributed by atoms with Gasteiger partial charge in [0, 0.05) is 18.2 Å². The van der Waals surface area contributed by atoms with Crippen molar-refractivity contribution in [3.8, 4) is 0 Å². The zero-order valence-corrected chi connectivity index (χ0v) is 12.1. The Labute approximate surface area is 121 Å². The lowest BCUT2D eigenvalue weighted by atomic mass is 10.1. The van der Waals surface area contributed by atoms with Gasteiger partial charge in [-0.1, -0.05) is 0 Å². The first kappa shape index (κ1) is 14.8. The summed E-state index contributed by atoms with van der Waals surface area (Å²) < 4.78 is 5.23. The summed E-state index contributed by atoms with van der Waals surface area (Å²) in [6, 6.07) is 2.66. The molecule has 2 rings (SSSR count). The van der Waals surface area contributed by atoms with Crippen molar-refractivity contribution in [2.45, 2.75) is 31.8 Å². The van der Waals surface area contributed by atoms with Gasteiger partial charge in [0.15, 0.2) is 0 Å². The van der Waals surface area contributed by atoms with E-state index in [0.717, 1.165) is 18.6 Å². The van der Waals surface area contributed by atoms with Crippen LogP contribution >= 0.6 is 11.8 Å². The maximum atomic E-state index is 12.0. The van der Waals surface area contributed by atoms with E-state index in [9.17, 15) is 9.59 Å². The van der Waals surface area contributed by atoms with Crippen LogP contribution in [0.3, 0.4) is 0 Å². The quantitative estimate of drug-likeness (QED) is 0.865. The number of nitrogens with one attached hydrogen (secondary N) is 1. The molecule has 0 aromatic carbocycles. The zero-order chi connectivity index (χ0) is 14.5. The molecule has 6 nitrogen and oxygen atoms in total. The van der Waals surface area contributed by atoms with Gasteiger partial charge in [-0.3, -0.25) is 0 Å². The molecule has 0 spiro atoms. The maximum Gasteiger partial charge on any atom is 0.327 e. The van der Waals surface area contributed by atoms with E-state index in [1.165, 1.54) is 16.7 Å². The fourth-order valence-electron chi connectivity index (χ4n) is 2.03. The normalized spacial score (nSPS) is 19.9. The fraction of sp³-hybridized carbons (Fsp3) is 0.538. The summed E-state index contributed by atoms with van der Waals surface area (Å²) in [6.07, 6.45) is 3.11. The molecule has 1 aliphatic heterocycles. The van der Waals surface area contributed by atoms with E-state index in [1.807, 2.05) is 19.1 Å². The first-order valence-corrected chi connectivity index (χ1v) is 7.63. The van der Waals surface area contributed by atoms with E-state index < -0.39 is 12.0 Å². The Balaban J connectivity index is 1.79. The molecule has 1 aliphatic rings. The van der Waals surface area contributed by atoms with Crippen molar-refractivity contribution in [1.82, 2.24) is 10.2 Å². The molecule has 1 aromatic heterocycles. The summed E-state index contributed by atoms with van der Waals surface area (Å²) in [6.45, 7) is 1.90. The average Bonchev–Trinajstić information content (AvgIpc) is 3.07. The number of rotatable bonds is 5. The third-order valence-corrected chi connectivity index (χ3v) is 4.21. The minimum atomic E-state index is -0.951. The lowest BCUT2D eigenvalue weighted by Gasteiger charge is -2.23. The molecule has 1 aromatic rings. The molecular weight excluding hydrogens is 280 g/mol. The Morgan fingerprint density at radius 3 is 3.10 bits per heavy atom. The number of aryl methyl sites for hydroxylation is 1. The molecule has 7 heteroatoms. The van der Waals surface area contributed by atoms with Crippen molar-refractivity contribution in [3.63, 3.8) is 0 Å². The van der Waals surface area contributed by atoms with Crippen LogP contribution < -0.4 is 5.32 Å². The van der Waals surface area contributed by atoms with E-state index in [-0.39, 0.29) is 12.1 Å². The largest absolute Gasteiger partial charge is 0.480 e. The van der Waals surface area contributed by atoms with Gasteiger partial charge in [0.25, 0.3) is 0 Å². The van der Waals surface area contributed by atoms with E-state index in [4.69, 9.17) is 9.52 Å². The van der Waals surface area contributed by atoms with E-state index in [2.05, 4.69) is 5.32 Å². The minimum absolute atomic E-state index is 0.0346. The van der Waals surface area contributed by atoms with Crippen molar-refractivity contribution in [2.75, 3.05) is 11.6 Å². The van der Waals surface area contributed by atoms with Gasteiger partial charge in [0.05, 0.1) is 12.1 Å². The van der Waals surface area contributed by atoms with Gasteiger partial charge >= 0.3 is 12.0 Å². The van der Waals surface area contributed by atoms with Crippen LogP contribution in [0.4, 0.5) is 4.79 Å².